The number of nitrogens with one attached hydrogen (secondary N) is 1. The zero-order valence-corrected chi connectivity index (χ0v) is 14.5. The van der Waals surface area contributed by atoms with Crippen LogP contribution < -0.4 is 15.0 Å². The highest BCUT2D eigenvalue weighted by molar-refractivity contribution is 6.35. The van der Waals surface area contributed by atoms with E-state index in [9.17, 15) is 4.79 Å². The lowest BCUT2D eigenvalue weighted by atomic mass is 10.2. The number of methoxy groups -OCH3 is 1. The molecule has 6 heteroatoms. The van der Waals surface area contributed by atoms with E-state index in [0.29, 0.717) is 28.7 Å². The van der Waals surface area contributed by atoms with E-state index in [1.807, 2.05) is 36.2 Å². The third-order valence-corrected chi connectivity index (χ3v) is 3.94. The number of hydrogen-bond donors (Lipinski definition) is 1. The summed E-state index contributed by atoms with van der Waals surface area (Å²) >= 11 is 11.9. The van der Waals surface area contributed by atoms with Gasteiger partial charge >= 0.3 is 0 Å². The van der Waals surface area contributed by atoms with Crippen LogP contribution in [0.5, 0.6) is 5.75 Å². The summed E-state index contributed by atoms with van der Waals surface area (Å²) in [6.45, 7) is 0.546. The van der Waals surface area contributed by atoms with Crippen molar-refractivity contribution in [3.8, 4) is 5.75 Å². The Morgan fingerprint density at radius 2 is 1.96 bits per heavy atom. The number of hydrogen-bond acceptors (Lipinski definition) is 3. The molecule has 0 atom stereocenters. The molecule has 122 valence electrons. The van der Waals surface area contributed by atoms with Crippen molar-refractivity contribution in [3.63, 3.8) is 0 Å². The van der Waals surface area contributed by atoms with Gasteiger partial charge in [0.25, 0.3) is 0 Å². The standard InChI is InChI=1S/C17H18Cl2N2O2/c1-21(15-5-3-4-6-16(15)23-2)10-9-17(22)20-14-11-12(18)7-8-13(14)19/h3-8,11H,9-10H2,1-2H3,(H,20,22). The number of carbonyl (C=O) groups excluding carboxylic acids is 1. The van der Waals surface area contributed by atoms with E-state index in [4.69, 9.17) is 27.9 Å². The van der Waals surface area contributed by atoms with E-state index in [1.54, 1.807) is 25.3 Å². The molecule has 23 heavy (non-hydrogen) atoms. The van der Waals surface area contributed by atoms with Gasteiger partial charge < -0.3 is 15.0 Å². The number of carbonyl (C=O) groups is 1. The second-order valence-corrected chi connectivity index (χ2v) is 5.86. The molecule has 0 aliphatic heterocycles. The Balaban J connectivity index is 1.95. The first kappa shape index (κ1) is 17.4. The first-order valence-electron chi connectivity index (χ1n) is 7.10. The van der Waals surface area contributed by atoms with Gasteiger partial charge in [-0.2, -0.15) is 0 Å². The molecule has 0 aromatic heterocycles. The summed E-state index contributed by atoms with van der Waals surface area (Å²) in [7, 11) is 3.54. The summed E-state index contributed by atoms with van der Waals surface area (Å²) in [5.41, 5.74) is 1.45. The number of amides is 1. The Bertz CT molecular complexity index is 692. The van der Waals surface area contributed by atoms with Crippen molar-refractivity contribution >= 4 is 40.5 Å². The number of rotatable bonds is 6. The number of ether oxygens (including phenoxy) is 1. The van der Waals surface area contributed by atoms with Gasteiger partial charge in [0.05, 0.1) is 23.5 Å². The summed E-state index contributed by atoms with van der Waals surface area (Å²) in [5.74, 6) is 0.643. The van der Waals surface area contributed by atoms with Crippen molar-refractivity contribution in [1.29, 1.82) is 0 Å². The van der Waals surface area contributed by atoms with Crippen LogP contribution in [0.15, 0.2) is 42.5 Å². The van der Waals surface area contributed by atoms with E-state index in [0.717, 1.165) is 11.4 Å². The van der Waals surface area contributed by atoms with Crippen molar-refractivity contribution < 1.29 is 9.53 Å². The molecule has 0 fully saturated rings. The largest absolute Gasteiger partial charge is 0.495 e. The van der Waals surface area contributed by atoms with E-state index >= 15 is 0 Å². The minimum atomic E-state index is -0.129. The first-order valence-corrected chi connectivity index (χ1v) is 7.86. The van der Waals surface area contributed by atoms with Gasteiger partial charge in [0.2, 0.25) is 5.91 Å². The quantitative estimate of drug-likeness (QED) is 0.833. The predicted molar refractivity (Wildman–Crippen MR) is 96.0 cm³/mol. The van der Waals surface area contributed by atoms with Crippen LogP contribution in [-0.2, 0) is 4.79 Å². The fourth-order valence-electron chi connectivity index (χ4n) is 2.14. The summed E-state index contributed by atoms with van der Waals surface area (Å²) in [4.78, 5) is 14.1. The van der Waals surface area contributed by atoms with Gasteiger partial charge in [-0.25, -0.2) is 0 Å². The number of para-hydroxylation sites is 2. The molecular formula is C17H18Cl2N2O2. The zero-order valence-electron chi connectivity index (χ0n) is 13.0. The van der Waals surface area contributed by atoms with Gasteiger partial charge in [-0.05, 0) is 30.3 Å². The van der Waals surface area contributed by atoms with E-state index < -0.39 is 0 Å². The highest BCUT2D eigenvalue weighted by atomic mass is 35.5. The predicted octanol–water partition coefficient (Wildman–Crippen LogP) is 4.47. The molecular weight excluding hydrogens is 335 g/mol. The van der Waals surface area contributed by atoms with Crippen molar-refractivity contribution in [2.24, 2.45) is 0 Å². The molecule has 0 radical (unpaired) electrons. The van der Waals surface area contributed by atoms with Gasteiger partial charge in [0.1, 0.15) is 5.75 Å². The van der Waals surface area contributed by atoms with E-state index in [1.165, 1.54) is 0 Å². The highest BCUT2D eigenvalue weighted by Gasteiger charge is 2.11. The van der Waals surface area contributed by atoms with Crippen LogP contribution in [0.25, 0.3) is 0 Å². The summed E-state index contributed by atoms with van der Waals surface area (Å²) in [6, 6.07) is 12.6. The molecule has 0 saturated heterocycles. The molecule has 2 aromatic carbocycles. The Hall–Kier alpha value is -1.91. The van der Waals surface area contributed by atoms with Gasteiger partial charge in [-0.1, -0.05) is 35.3 Å². The van der Waals surface area contributed by atoms with Crippen LogP contribution in [0.2, 0.25) is 10.0 Å². The van der Waals surface area contributed by atoms with Gasteiger partial charge in [-0.3, -0.25) is 4.79 Å². The SMILES string of the molecule is COc1ccccc1N(C)CCC(=O)Nc1cc(Cl)ccc1Cl. The van der Waals surface area contributed by atoms with Crippen molar-refractivity contribution in [2.75, 3.05) is 30.9 Å². The molecule has 0 unspecified atom stereocenters. The molecule has 0 aliphatic carbocycles. The van der Waals surface area contributed by atoms with Crippen LogP contribution in [0, 0.1) is 0 Å². The molecule has 0 heterocycles. The lowest BCUT2D eigenvalue weighted by molar-refractivity contribution is -0.116. The molecule has 0 spiro atoms. The van der Waals surface area contributed by atoms with E-state index in [2.05, 4.69) is 5.32 Å². The zero-order chi connectivity index (χ0) is 16.8. The molecule has 0 aliphatic rings. The summed E-state index contributed by atoms with van der Waals surface area (Å²) in [5, 5.41) is 3.76. The Morgan fingerprint density at radius 3 is 2.70 bits per heavy atom. The van der Waals surface area contributed by atoms with Crippen LogP contribution in [-0.4, -0.2) is 26.6 Å². The van der Waals surface area contributed by atoms with Crippen molar-refractivity contribution in [2.45, 2.75) is 6.42 Å². The van der Waals surface area contributed by atoms with Gasteiger partial charge in [0.15, 0.2) is 0 Å². The van der Waals surface area contributed by atoms with Gasteiger partial charge in [0, 0.05) is 25.0 Å². The number of benzene rings is 2. The minimum absolute atomic E-state index is 0.129. The second-order valence-electron chi connectivity index (χ2n) is 5.02. The van der Waals surface area contributed by atoms with Gasteiger partial charge in [-0.15, -0.1) is 0 Å². The second kappa shape index (κ2) is 8.09. The summed E-state index contributed by atoms with van der Waals surface area (Å²) < 4.78 is 5.32. The highest BCUT2D eigenvalue weighted by Crippen LogP contribution is 2.27. The molecule has 0 bridgehead atoms. The molecule has 1 N–H and O–H groups in total. The average Bonchev–Trinajstić information content (AvgIpc) is 2.56. The summed E-state index contributed by atoms with van der Waals surface area (Å²) in [6.07, 6.45) is 0.317. The maximum atomic E-state index is 12.1. The Kier molecular flexibility index (Phi) is 6.13. The molecule has 1 amide bonds. The Morgan fingerprint density at radius 1 is 1.22 bits per heavy atom. The minimum Gasteiger partial charge on any atom is -0.495 e. The lowest BCUT2D eigenvalue weighted by Gasteiger charge is -2.21. The monoisotopic (exact) mass is 352 g/mol. The average molecular weight is 353 g/mol. The third kappa shape index (κ3) is 4.78. The van der Waals surface area contributed by atoms with Crippen LogP contribution in [0.4, 0.5) is 11.4 Å². The Labute approximate surface area is 146 Å². The smallest absolute Gasteiger partial charge is 0.226 e. The normalized spacial score (nSPS) is 10.3. The fraction of sp³-hybridized carbons (Fsp3) is 0.235. The maximum absolute atomic E-state index is 12.1. The molecule has 2 rings (SSSR count). The van der Waals surface area contributed by atoms with Crippen LogP contribution in [0.3, 0.4) is 0 Å². The third-order valence-electron chi connectivity index (χ3n) is 3.37. The van der Waals surface area contributed by atoms with Crippen molar-refractivity contribution in [3.05, 3.63) is 52.5 Å². The number of halogens is 2. The van der Waals surface area contributed by atoms with Crippen LogP contribution in [0.1, 0.15) is 6.42 Å². The first-order chi connectivity index (χ1) is 11.0. The molecule has 0 saturated carbocycles. The lowest BCUT2D eigenvalue weighted by Crippen LogP contribution is -2.24. The maximum Gasteiger partial charge on any atom is 0.226 e. The topological polar surface area (TPSA) is 41.6 Å². The molecule has 4 nitrogen and oxygen atoms in total. The fourth-order valence-corrected chi connectivity index (χ4v) is 2.48. The van der Waals surface area contributed by atoms with E-state index in [-0.39, 0.29) is 5.91 Å². The number of anilines is 2. The number of nitrogens with zero attached hydrogens (tertiary/aromatic N) is 1. The van der Waals surface area contributed by atoms with Crippen LogP contribution >= 0.6 is 23.2 Å². The molecule has 2 aromatic rings. The van der Waals surface area contributed by atoms with Crippen molar-refractivity contribution in [1.82, 2.24) is 0 Å².